The number of hydrogen-bond acceptors (Lipinski definition) is 5. The predicted molar refractivity (Wildman–Crippen MR) is 112 cm³/mol. The van der Waals surface area contributed by atoms with Crippen LogP contribution >= 0.6 is 11.8 Å². The molecule has 3 rings (SSSR count). The van der Waals surface area contributed by atoms with Gasteiger partial charge in [0.15, 0.2) is 0 Å². The maximum Gasteiger partial charge on any atom is 0.446 e. The normalized spacial score (nSPS) is 12.4. The van der Waals surface area contributed by atoms with Gasteiger partial charge in [-0.05, 0) is 43.3 Å². The average Bonchev–Trinajstić information content (AvgIpc) is 2.67. The van der Waals surface area contributed by atoms with E-state index in [1.165, 1.54) is 12.1 Å². The van der Waals surface area contributed by atoms with E-state index in [9.17, 15) is 13.2 Å². The van der Waals surface area contributed by atoms with Gasteiger partial charge in [-0.1, -0.05) is 43.3 Å². The van der Waals surface area contributed by atoms with Crippen LogP contribution in [-0.4, -0.2) is 21.5 Å². The Hall–Kier alpha value is -2.74. The molecule has 1 atom stereocenters. The van der Waals surface area contributed by atoms with Gasteiger partial charge in [0.1, 0.15) is 5.82 Å². The number of hydrogen-bond donors (Lipinski definition) is 2. The molecule has 0 spiro atoms. The van der Waals surface area contributed by atoms with E-state index >= 15 is 0 Å². The van der Waals surface area contributed by atoms with Gasteiger partial charge in [0.05, 0.1) is 5.69 Å². The molecule has 152 valence electrons. The third-order valence-electron chi connectivity index (χ3n) is 4.12. The standard InChI is InChI=1S/C21H21F3N4S/c1-3-14(2)25-20-27-18(15-8-5-4-6-9-15)13-19(28-20)26-16-10-7-11-17(12-16)29-21(22,23)24/h4-14H,3H2,1-2H3,(H2,25,26,27,28)/t14-/m0/s1. The van der Waals surface area contributed by atoms with Crippen LogP contribution in [0.3, 0.4) is 0 Å². The summed E-state index contributed by atoms with van der Waals surface area (Å²) < 4.78 is 38.0. The van der Waals surface area contributed by atoms with Crippen molar-refractivity contribution in [3.05, 3.63) is 60.7 Å². The van der Waals surface area contributed by atoms with Gasteiger partial charge in [0.2, 0.25) is 5.95 Å². The van der Waals surface area contributed by atoms with Crippen LogP contribution in [-0.2, 0) is 0 Å². The topological polar surface area (TPSA) is 49.8 Å². The van der Waals surface area contributed by atoms with E-state index in [4.69, 9.17) is 0 Å². The van der Waals surface area contributed by atoms with Crippen LogP contribution in [0.25, 0.3) is 11.3 Å². The molecule has 2 aromatic carbocycles. The molecule has 0 saturated carbocycles. The van der Waals surface area contributed by atoms with Gasteiger partial charge in [-0.15, -0.1) is 0 Å². The quantitative estimate of drug-likeness (QED) is 0.418. The first-order chi connectivity index (χ1) is 13.8. The molecular formula is C21H21F3N4S. The van der Waals surface area contributed by atoms with Crippen molar-refractivity contribution < 1.29 is 13.2 Å². The zero-order valence-electron chi connectivity index (χ0n) is 16.0. The van der Waals surface area contributed by atoms with Gasteiger partial charge in [0, 0.05) is 28.3 Å². The molecule has 1 aromatic heterocycles. The highest BCUT2D eigenvalue weighted by Crippen LogP contribution is 2.38. The SMILES string of the molecule is CC[C@H](C)Nc1nc(Nc2cccc(SC(F)(F)F)c2)cc(-c2ccccc2)n1. The van der Waals surface area contributed by atoms with Crippen LogP contribution in [0.1, 0.15) is 20.3 Å². The Morgan fingerprint density at radius 3 is 2.45 bits per heavy atom. The van der Waals surface area contributed by atoms with Crippen molar-refractivity contribution in [1.82, 2.24) is 9.97 Å². The maximum absolute atomic E-state index is 12.7. The monoisotopic (exact) mass is 418 g/mol. The molecule has 2 N–H and O–H groups in total. The van der Waals surface area contributed by atoms with Gasteiger partial charge in [0.25, 0.3) is 0 Å². The summed E-state index contributed by atoms with van der Waals surface area (Å²) in [6, 6.07) is 17.8. The number of benzene rings is 2. The molecule has 0 radical (unpaired) electrons. The van der Waals surface area contributed by atoms with Crippen molar-refractivity contribution in [2.75, 3.05) is 10.6 Å². The molecule has 29 heavy (non-hydrogen) atoms. The minimum Gasteiger partial charge on any atom is -0.352 e. The number of anilines is 3. The minimum atomic E-state index is -4.33. The second-order valence-corrected chi connectivity index (χ2v) is 7.62. The number of alkyl halides is 3. The third kappa shape index (κ3) is 6.39. The molecular weight excluding hydrogens is 397 g/mol. The van der Waals surface area contributed by atoms with Crippen molar-refractivity contribution in [1.29, 1.82) is 0 Å². The molecule has 4 nitrogen and oxygen atoms in total. The van der Waals surface area contributed by atoms with E-state index in [0.717, 1.165) is 17.7 Å². The number of aromatic nitrogens is 2. The van der Waals surface area contributed by atoms with Crippen LogP contribution < -0.4 is 10.6 Å². The Labute approximate surface area is 172 Å². The van der Waals surface area contributed by atoms with Crippen LogP contribution in [0, 0.1) is 0 Å². The van der Waals surface area contributed by atoms with Crippen molar-refractivity contribution in [2.24, 2.45) is 0 Å². The first-order valence-electron chi connectivity index (χ1n) is 9.16. The maximum atomic E-state index is 12.7. The fourth-order valence-electron chi connectivity index (χ4n) is 2.57. The molecule has 8 heteroatoms. The number of thioether (sulfide) groups is 1. The summed E-state index contributed by atoms with van der Waals surface area (Å²) in [5.41, 5.74) is -2.17. The molecule has 0 amide bonds. The predicted octanol–water partition coefficient (Wildman–Crippen LogP) is 6.71. The summed E-state index contributed by atoms with van der Waals surface area (Å²) >= 11 is -0.145. The largest absolute Gasteiger partial charge is 0.446 e. The molecule has 0 bridgehead atoms. The summed E-state index contributed by atoms with van der Waals surface area (Å²) in [5.74, 6) is 0.961. The highest BCUT2D eigenvalue weighted by molar-refractivity contribution is 8.00. The molecule has 0 aliphatic heterocycles. The van der Waals surface area contributed by atoms with Gasteiger partial charge >= 0.3 is 5.51 Å². The third-order valence-corrected chi connectivity index (χ3v) is 4.84. The number of nitrogens with zero attached hydrogens (tertiary/aromatic N) is 2. The van der Waals surface area contributed by atoms with Crippen molar-refractivity contribution >= 4 is 29.2 Å². The van der Waals surface area contributed by atoms with Gasteiger partial charge in [-0.25, -0.2) is 4.98 Å². The molecule has 3 aromatic rings. The van der Waals surface area contributed by atoms with E-state index < -0.39 is 5.51 Å². The molecule has 0 aliphatic carbocycles. The van der Waals surface area contributed by atoms with E-state index in [-0.39, 0.29) is 22.7 Å². The van der Waals surface area contributed by atoms with Crippen LogP contribution in [0.4, 0.5) is 30.6 Å². The van der Waals surface area contributed by atoms with Crippen molar-refractivity contribution in [3.63, 3.8) is 0 Å². The van der Waals surface area contributed by atoms with Gasteiger partial charge in [-0.3, -0.25) is 0 Å². The lowest BCUT2D eigenvalue weighted by molar-refractivity contribution is -0.0328. The second kappa shape index (κ2) is 9.17. The van der Waals surface area contributed by atoms with Crippen LogP contribution in [0.15, 0.2) is 65.6 Å². The van der Waals surface area contributed by atoms with Crippen LogP contribution in [0.5, 0.6) is 0 Å². The Morgan fingerprint density at radius 2 is 1.76 bits per heavy atom. The number of halogens is 3. The van der Waals surface area contributed by atoms with Crippen LogP contribution in [0.2, 0.25) is 0 Å². The van der Waals surface area contributed by atoms with E-state index in [1.54, 1.807) is 18.2 Å². The summed E-state index contributed by atoms with van der Waals surface area (Å²) in [7, 11) is 0. The molecule has 1 heterocycles. The Balaban J connectivity index is 1.92. The van der Waals surface area contributed by atoms with E-state index in [1.807, 2.05) is 37.3 Å². The molecule has 0 aliphatic rings. The Kier molecular flexibility index (Phi) is 6.64. The van der Waals surface area contributed by atoms with E-state index in [0.29, 0.717) is 17.5 Å². The summed E-state index contributed by atoms with van der Waals surface area (Å²) in [4.78, 5) is 9.18. The van der Waals surface area contributed by atoms with Gasteiger partial charge in [-0.2, -0.15) is 18.2 Å². The Bertz CT molecular complexity index is 948. The first kappa shape index (κ1) is 21.0. The summed E-state index contributed by atoms with van der Waals surface area (Å²) in [6.45, 7) is 4.09. The van der Waals surface area contributed by atoms with Crippen molar-refractivity contribution in [2.45, 2.75) is 36.7 Å². The second-order valence-electron chi connectivity index (χ2n) is 6.48. The van der Waals surface area contributed by atoms with Crippen molar-refractivity contribution in [3.8, 4) is 11.3 Å². The molecule has 0 saturated heterocycles. The lowest BCUT2D eigenvalue weighted by Gasteiger charge is -2.15. The van der Waals surface area contributed by atoms with E-state index in [2.05, 4.69) is 27.5 Å². The fraction of sp³-hybridized carbons (Fsp3) is 0.238. The average molecular weight is 418 g/mol. The lowest BCUT2D eigenvalue weighted by Crippen LogP contribution is -2.16. The minimum absolute atomic E-state index is 0.109. The first-order valence-corrected chi connectivity index (χ1v) is 9.98. The number of nitrogens with one attached hydrogen (secondary N) is 2. The lowest BCUT2D eigenvalue weighted by atomic mass is 10.1. The number of rotatable bonds is 7. The highest BCUT2D eigenvalue weighted by atomic mass is 32.2. The zero-order chi connectivity index (χ0) is 20.9. The Morgan fingerprint density at radius 1 is 1.00 bits per heavy atom. The van der Waals surface area contributed by atoms with Gasteiger partial charge < -0.3 is 10.6 Å². The fourth-order valence-corrected chi connectivity index (χ4v) is 3.17. The highest BCUT2D eigenvalue weighted by Gasteiger charge is 2.29. The summed E-state index contributed by atoms with van der Waals surface area (Å²) in [6.07, 6.45) is 0.901. The summed E-state index contributed by atoms with van der Waals surface area (Å²) in [5, 5.41) is 6.36. The molecule has 0 unspecified atom stereocenters. The molecule has 0 fully saturated rings. The smallest absolute Gasteiger partial charge is 0.352 e. The zero-order valence-corrected chi connectivity index (χ0v) is 16.8.